The molecular formula is C42H54O25. The van der Waals surface area contributed by atoms with Gasteiger partial charge < -0.3 is 104 Å². The van der Waals surface area contributed by atoms with Crippen LogP contribution in [0.4, 0.5) is 0 Å². The number of hydrogen-bond acceptors (Lipinski definition) is 24. The van der Waals surface area contributed by atoms with Crippen molar-refractivity contribution in [2.75, 3.05) is 27.4 Å². The molecule has 4 aliphatic heterocycles. The lowest BCUT2D eigenvalue weighted by Crippen LogP contribution is -2.60. The van der Waals surface area contributed by atoms with Gasteiger partial charge in [-0.3, -0.25) is 9.59 Å². The second kappa shape index (κ2) is 20.3. The van der Waals surface area contributed by atoms with E-state index in [0.29, 0.717) is 0 Å². The van der Waals surface area contributed by atoms with Crippen LogP contribution in [-0.2, 0) is 55.7 Å². The molecule has 0 bridgehead atoms. The third kappa shape index (κ3) is 10.2. The van der Waals surface area contributed by atoms with Crippen LogP contribution in [0.15, 0.2) is 24.3 Å². The Morgan fingerprint density at radius 3 is 1.42 bits per heavy atom. The first kappa shape index (κ1) is 51.4. The van der Waals surface area contributed by atoms with Gasteiger partial charge in [0.25, 0.3) is 0 Å². The van der Waals surface area contributed by atoms with Gasteiger partial charge in [-0.05, 0) is 49.9 Å². The van der Waals surface area contributed by atoms with Crippen LogP contribution in [0, 0.1) is 0 Å². The quantitative estimate of drug-likeness (QED) is 0.0527. The van der Waals surface area contributed by atoms with Gasteiger partial charge in [-0.2, -0.15) is 0 Å². The number of hydrogen-bond donors (Lipinski definition) is 12. The van der Waals surface area contributed by atoms with Crippen molar-refractivity contribution in [1.29, 1.82) is 0 Å². The summed E-state index contributed by atoms with van der Waals surface area (Å²) in [5, 5.41) is 126. The van der Waals surface area contributed by atoms with Gasteiger partial charge in [0.05, 0.1) is 20.8 Å². The van der Waals surface area contributed by atoms with E-state index in [2.05, 4.69) is 0 Å². The summed E-state index contributed by atoms with van der Waals surface area (Å²) in [6.45, 7) is 0.532. The summed E-state index contributed by atoms with van der Waals surface area (Å²) >= 11 is 0. The molecule has 0 saturated carbocycles. The normalized spacial score (nSPS) is 36.2. The minimum atomic E-state index is -2.33. The van der Waals surface area contributed by atoms with Gasteiger partial charge in [0.1, 0.15) is 90.6 Å². The molecule has 0 radical (unpaired) electrons. The van der Waals surface area contributed by atoms with Crippen molar-refractivity contribution in [3.8, 4) is 23.0 Å². The Labute approximate surface area is 380 Å². The van der Waals surface area contributed by atoms with Crippen LogP contribution >= 0.6 is 0 Å². The lowest BCUT2D eigenvalue weighted by atomic mass is 9.92. The van der Waals surface area contributed by atoms with Crippen molar-refractivity contribution in [2.24, 2.45) is 0 Å². The molecule has 4 heterocycles. The first-order valence-electron chi connectivity index (χ1n) is 20.8. The Hall–Kier alpha value is -5.00. The van der Waals surface area contributed by atoms with Crippen LogP contribution in [-0.4, -0.2) is 197 Å². The zero-order valence-electron chi connectivity index (χ0n) is 36.3. The van der Waals surface area contributed by atoms with Crippen molar-refractivity contribution in [2.45, 2.75) is 137 Å². The van der Waals surface area contributed by atoms with E-state index in [1.54, 1.807) is 0 Å². The monoisotopic (exact) mass is 958 g/mol. The van der Waals surface area contributed by atoms with Crippen LogP contribution in [0.25, 0.3) is 0 Å². The Morgan fingerprint density at radius 1 is 0.612 bits per heavy atom. The molecular weight excluding hydrogens is 904 g/mol. The smallest absolute Gasteiger partial charge is 0.341 e. The van der Waals surface area contributed by atoms with Crippen molar-refractivity contribution in [3.05, 3.63) is 46.5 Å². The molecule has 4 aliphatic rings. The fourth-order valence-electron chi connectivity index (χ4n) is 7.85. The summed E-state index contributed by atoms with van der Waals surface area (Å²) in [5.74, 6) is -5.02. The topological polar surface area (TPSA) is 394 Å². The Kier molecular flexibility index (Phi) is 15.6. The molecule has 16 unspecified atom stereocenters. The summed E-state index contributed by atoms with van der Waals surface area (Å²) in [5.41, 5.74) is -4.44. The SMILES string of the molecule is COc1cc(OC2OC(CO)C(O)C(O)C2O)c(CCC(=O)OCC2OC(Oc3cc(OC)c(C4OC(=O)C(C)(O)C4O)cc3CCC(=O)O)C(O)C(O)C2O)cc1C1OC(=O)C(C)(O)C1O. The molecule has 0 spiro atoms. The predicted molar refractivity (Wildman–Crippen MR) is 214 cm³/mol. The molecule has 12 N–H and O–H groups in total. The Morgan fingerprint density at radius 2 is 1.03 bits per heavy atom. The van der Waals surface area contributed by atoms with Gasteiger partial charge in [-0.1, -0.05) is 0 Å². The molecule has 4 saturated heterocycles. The van der Waals surface area contributed by atoms with E-state index in [4.69, 9.17) is 42.6 Å². The summed E-state index contributed by atoms with van der Waals surface area (Å²) in [6.07, 6.45) is -25.8. The number of aliphatic carboxylic acids is 1. The van der Waals surface area contributed by atoms with Crippen LogP contribution < -0.4 is 18.9 Å². The number of aryl methyl sites for hydroxylation is 2. The third-order valence-corrected chi connectivity index (χ3v) is 12.1. The number of cyclic esters (lactones) is 2. The van der Waals surface area contributed by atoms with E-state index in [9.17, 15) is 80.5 Å². The first-order chi connectivity index (χ1) is 31.5. The molecule has 25 nitrogen and oxygen atoms in total. The maximum Gasteiger partial charge on any atom is 0.341 e. The summed E-state index contributed by atoms with van der Waals surface area (Å²) in [4.78, 5) is 49.7. The van der Waals surface area contributed by atoms with Crippen LogP contribution in [0.3, 0.4) is 0 Å². The number of carbonyl (C=O) groups excluding carboxylic acids is 3. The molecule has 16 atom stereocenters. The number of carbonyl (C=O) groups is 4. The van der Waals surface area contributed by atoms with Crippen molar-refractivity contribution in [1.82, 2.24) is 0 Å². The molecule has 0 aliphatic carbocycles. The maximum absolute atomic E-state index is 13.3. The number of aliphatic hydroxyl groups is 11. The van der Waals surface area contributed by atoms with E-state index in [0.717, 1.165) is 13.8 Å². The average molecular weight is 959 g/mol. The molecule has 0 aromatic heterocycles. The predicted octanol–water partition coefficient (Wildman–Crippen LogP) is -4.32. The molecule has 2 aromatic rings. The molecule has 4 fully saturated rings. The summed E-state index contributed by atoms with van der Waals surface area (Å²) in [7, 11) is 2.42. The van der Waals surface area contributed by atoms with Gasteiger partial charge in [0.2, 0.25) is 12.6 Å². The number of ether oxygens (including phenoxy) is 9. The molecule has 0 amide bonds. The second-order valence-corrected chi connectivity index (χ2v) is 16.8. The average Bonchev–Trinajstić information content (AvgIpc) is 3.63. The number of carboxylic acids is 1. The highest BCUT2D eigenvalue weighted by Gasteiger charge is 2.56. The van der Waals surface area contributed by atoms with E-state index in [1.807, 2.05) is 0 Å². The number of benzene rings is 2. The Bertz CT molecular complexity index is 2140. The summed E-state index contributed by atoms with van der Waals surface area (Å²) < 4.78 is 49.7. The molecule has 25 heteroatoms. The molecule has 2 aromatic carbocycles. The number of carboxylic acid groups (broad SMARTS) is 1. The highest BCUT2D eigenvalue weighted by Crippen LogP contribution is 2.45. The fourth-order valence-corrected chi connectivity index (χ4v) is 7.85. The molecule has 372 valence electrons. The number of esters is 3. The highest BCUT2D eigenvalue weighted by molar-refractivity contribution is 5.83. The Balaban J connectivity index is 1.20. The lowest BCUT2D eigenvalue weighted by molar-refractivity contribution is -0.278. The van der Waals surface area contributed by atoms with E-state index in [-0.39, 0.29) is 58.1 Å². The van der Waals surface area contributed by atoms with E-state index >= 15 is 0 Å². The standard InChI is InChI=1S/C42H54O25/c1-41(57)35(53)33(66-39(41)55)17-9-15(5-7-25(44)45)19(11-21(17)59-3)63-38-32(52)30(50)28(48)24(65-38)14-61-26(46)8-6-16-10-18(34-36(54)42(2,58)40(56)67-34)22(60-4)12-20(16)62-37-31(51)29(49)27(47)23(13-43)64-37/h9-12,23-24,27-38,43,47-54,57-58H,5-8,13-14H2,1-4H3,(H,44,45). The van der Waals surface area contributed by atoms with E-state index < -0.39 is 147 Å². The van der Waals surface area contributed by atoms with Crippen molar-refractivity contribution in [3.63, 3.8) is 0 Å². The number of rotatable bonds is 17. The van der Waals surface area contributed by atoms with Gasteiger partial charge in [0, 0.05) is 36.1 Å². The first-order valence-corrected chi connectivity index (χ1v) is 20.8. The zero-order valence-corrected chi connectivity index (χ0v) is 36.3. The second-order valence-electron chi connectivity index (χ2n) is 16.8. The maximum atomic E-state index is 13.3. The summed E-state index contributed by atoms with van der Waals surface area (Å²) in [6, 6.07) is 4.98. The van der Waals surface area contributed by atoms with Gasteiger partial charge in [-0.15, -0.1) is 0 Å². The third-order valence-electron chi connectivity index (χ3n) is 12.1. The minimum absolute atomic E-state index is 0.00551. The largest absolute Gasteiger partial charge is 0.496 e. The van der Waals surface area contributed by atoms with Crippen LogP contribution in [0.2, 0.25) is 0 Å². The fraction of sp³-hybridized carbons (Fsp3) is 0.619. The lowest BCUT2D eigenvalue weighted by Gasteiger charge is -2.40. The zero-order chi connectivity index (χ0) is 49.4. The number of aliphatic hydroxyl groups excluding tert-OH is 9. The van der Waals surface area contributed by atoms with Gasteiger partial charge in [-0.25, -0.2) is 9.59 Å². The molecule has 6 rings (SSSR count). The van der Waals surface area contributed by atoms with Crippen LogP contribution in [0.5, 0.6) is 23.0 Å². The van der Waals surface area contributed by atoms with E-state index in [1.165, 1.54) is 38.5 Å². The van der Waals surface area contributed by atoms with Crippen LogP contribution in [0.1, 0.15) is 61.2 Å². The van der Waals surface area contributed by atoms with Gasteiger partial charge in [0.15, 0.2) is 23.4 Å². The van der Waals surface area contributed by atoms with Crippen molar-refractivity contribution < 1.29 is 123 Å². The number of methoxy groups -OCH3 is 2. The van der Waals surface area contributed by atoms with Gasteiger partial charge >= 0.3 is 23.9 Å². The minimum Gasteiger partial charge on any atom is -0.496 e. The molecule has 67 heavy (non-hydrogen) atoms. The highest BCUT2D eigenvalue weighted by atomic mass is 16.7. The van der Waals surface area contributed by atoms with Crippen molar-refractivity contribution >= 4 is 23.9 Å².